The van der Waals surface area contributed by atoms with Gasteiger partial charge in [0, 0.05) is 19.4 Å². The van der Waals surface area contributed by atoms with Gasteiger partial charge < -0.3 is 10.6 Å². The molecule has 21 heavy (non-hydrogen) atoms. The van der Waals surface area contributed by atoms with Crippen molar-refractivity contribution in [3.63, 3.8) is 0 Å². The average molecular weight is 329 g/mol. The number of hydrogen-bond acceptors (Lipinski definition) is 3. The number of rotatable bonds is 5. The Morgan fingerprint density at radius 2 is 1.81 bits per heavy atom. The maximum atomic E-state index is 11.7. The van der Waals surface area contributed by atoms with Crippen molar-refractivity contribution in [2.24, 2.45) is 0 Å². The fraction of sp³-hybridized carbons (Fsp3) is 0.308. The molecule has 1 aromatic rings. The summed E-state index contributed by atoms with van der Waals surface area (Å²) in [7, 11) is 0. The first kappa shape index (κ1) is 17.2. The third-order valence-corrected chi connectivity index (χ3v) is 2.96. The van der Waals surface area contributed by atoms with E-state index in [2.05, 4.69) is 21.5 Å². The van der Waals surface area contributed by atoms with E-state index in [1.807, 2.05) is 6.92 Å². The number of thiocarbonyl (C=S) groups is 1. The molecule has 0 saturated carbocycles. The molecule has 0 fully saturated rings. The smallest absolute Gasteiger partial charge is 0.238 e. The van der Waals surface area contributed by atoms with Crippen LogP contribution in [0.5, 0.6) is 0 Å². The van der Waals surface area contributed by atoms with Crippen molar-refractivity contribution in [3.05, 3.63) is 29.3 Å². The van der Waals surface area contributed by atoms with Crippen LogP contribution in [0.2, 0.25) is 5.02 Å². The highest BCUT2D eigenvalue weighted by Gasteiger charge is 2.08. The predicted molar refractivity (Wildman–Crippen MR) is 86.9 cm³/mol. The minimum Gasteiger partial charge on any atom is -0.362 e. The maximum absolute atomic E-state index is 11.7. The van der Waals surface area contributed by atoms with Gasteiger partial charge in [-0.1, -0.05) is 23.7 Å². The summed E-state index contributed by atoms with van der Waals surface area (Å²) < 4.78 is 0. The van der Waals surface area contributed by atoms with Crippen molar-refractivity contribution < 1.29 is 9.59 Å². The van der Waals surface area contributed by atoms with Crippen molar-refractivity contribution in [1.29, 1.82) is 0 Å². The quantitative estimate of drug-likeness (QED) is 0.487. The zero-order valence-corrected chi connectivity index (χ0v) is 13.1. The summed E-state index contributed by atoms with van der Waals surface area (Å²) in [6.07, 6.45) is 0.0880. The zero-order valence-electron chi connectivity index (χ0n) is 11.5. The first-order chi connectivity index (χ1) is 10.0. The Balaban J connectivity index is 2.28. The van der Waals surface area contributed by atoms with Crippen LogP contribution in [-0.4, -0.2) is 23.5 Å². The van der Waals surface area contributed by atoms with Gasteiger partial charge in [-0.05, 0) is 31.3 Å². The molecule has 4 N–H and O–H groups in total. The number of anilines is 1. The molecule has 1 aromatic carbocycles. The highest BCUT2D eigenvalue weighted by molar-refractivity contribution is 7.80. The molecule has 0 heterocycles. The summed E-state index contributed by atoms with van der Waals surface area (Å²) in [4.78, 5) is 23.2. The first-order valence-corrected chi connectivity index (χ1v) is 7.18. The number of carbonyl (C=O) groups excluding carboxylic acids is 2. The van der Waals surface area contributed by atoms with Crippen LogP contribution >= 0.6 is 23.8 Å². The average Bonchev–Trinajstić information content (AvgIpc) is 2.46. The third kappa shape index (κ3) is 6.92. The van der Waals surface area contributed by atoms with Gasteiger partial charge in [-0.25, -0.2) is 0 Å². The standard InChI is InChI=1S/C13H17ClN4O2S/c1-2-15-13(21)18-17-12(20)8-7-11(19)16-10-6-4-3-5-9(10)14/h3-6H,2,7-8H2,1H3,(H,16,19)(H,17,20)(H2,15,18,21). The van der Waals surface area contributed by atoms with Gasteiger partial charge in [-0.3, -0.25) is 20.4 Å². The number of hydrogen-bond donors (Lipinski definition) is 4. The van der Waals surface area contributed by atoms with E-state index in [9.17, 15) is 9.59 Å². The number of halogens is 1. The molecule has 0 radical (unpaired) electrons. The van der Waals surface area contributed by atoms with E-state index in [0.717, 1.165) is 0 Å². The van der Waals surface area contributed by atoms with Crippen molar-refractivity contribution in [1.82, 2.24) is 16.2 Å². The number of amides is 2. The topological polar surface area (TPSA) is 82.3 Å². The predicted octanol–water partition coefficient (Wildman–Crippen LogP) is 1.57. The number of benzene rings is 1. The summed E-state index contributed by atoms with van der Waals surface area (Å²) in [6.45, 7) is 2.54. The van der Waals surface area contributed by atoms with Crippen LogP contribution in [-0.2, 0) is 9.59 Å². The van der Waals surface area contributed by atoms with Gasteiger partial charge in [0.2, 0.25) is 11.8 Å². The van der Waals surface area contributed by atoms with Crippen molar-refractivity contribution in [3.8, 4) is 0 Å². The van der Waals surface area contributed by atoms with E-state index >= 15 is 0 Å². The molecule has 0 aliphatic rings. The largest absolute Gasteiger partial charge is 0.362 e. The molecular weight excluding hydrogens is 312 g/mol. The fourth-order valence-electron chi connectivity index (χ4n) is 1.40. The summed E-state index contributed by atoms with van der Waals surface area (Å²) in [5.41, 5.74) is 5.46. The van der Waals surface area contributed by atoms with E-state index in [1.54, 1.807) is 24.3 Å². The second-order valence-electron chi connectivity index (χ2n) is 4.06. The fourth-order valence-corrected chi connectivity index (χ4v) is 1.77. The first-order valence-electron chi connectivity index (χ1n) is 6.40. The lowest BCUT2D eigenvalue weighted by atomic mass is 10.2. The van der Waals surface area contributed by atoms with Gasteiger partial charge in [0.25, 0.3) is 0 Å². The van der Waals surface area contributed by atoms with E-state index in [1.165, 1.54) is 0 Å². The Morgan fingerprint density at radius 1 is 1.14 bits per heavy atom. The molecule has 8 heteroatoms. The molecule has 6 nitrogen and oxygen atoms in total. The van der Waals surface area contributed by atoms with Crippen molar-refractivity contribution in [2.75, 3.05) is 11.9 Å². The van der Waals surface area contributed by atoms with Crippen LogP contribution in [0.25, 0.3) is 0 Å². The molecule has 0 aromatic heterocycles. The Hall–Kier alpha value is -1.86. The van der Waals surface area contributed by atoms with Gasteiger partial charge >= 0.3 is 0 Å². The van der Waals surface area contributed by atoms with E-state index in [0.29, 0.717) is 22.4 Å². The molecule has 0 atom stereocenters. The van der Waals surface area contributed by atoms with Gasteiger partial charge in [0.1, 0.15) is 0 Å². The number of para-hydroxylation sites is 1. The summed E-state index contributed by atoms with van der Waals surface area (Å²) in [6, 6.07) is 6.90. The normalized spacial score (nSPS) is 9.62. The van der Waals surface area contributed by atoms with Crippen LogP contribution in [0.4, 0.5) is 5.69 Å². The molecule has 2 amide bonds. The lowest BCUT2D eigenvalue weighted by molar-refractivity contribution is -0.124. The Labute approximate surface area is 133 Å². The highest BCUT2D eigenvalue weighted by Crippen LogP contribution is 2.20. The van der Waals surface area contributed by atoms with Crippen LogP contribution in [0.3, 0.4) is 0 Å². The maximum Gasteiger partial charge on any atom is 0.238 e. The van der Waals surface area contributed by atoms with Crippen LogP contribution in [0, 0.1) is 0 Å². The second kappa shape index (κ2) is 9.15. The minimum atomic E-state index is -0.329. The van der Waals surface area contributed by atoms with Crippen LogP contribution in [0.1, 0.15) is 19.8 Å². The molecule has 0 bridgehead atoms. The summed E-state index contributed by atoms with van der Waals surface area (Å²) in [5, 5.41) is 6.23. The molecular formula is C13H17ClN4O2S. The van der Waals surface area contributed by atoms with Gasteiger partial charge in [0.15, 0.2) is 5.11 Å². The Kier molecular flexibility index (Phi) is 7.49. The lowest BCUT2D eigenvalue weighted by Gasteiger charge is -2.10. The number of hydrazine groups is 1. The van der Waals surface area contributed by atoms with Crippen molar-refractivity contribution in [2.45, 2.75) is 19.8 Å². The molecule has 1 rings (SSSR count). The zero-order chi connectivity index (χ0) is 15.7. The minimum absolute atomic E-state index is 0.0397. The Bertz CT molecular complexity index is 525. The van der Waals surface area contributed by atoms with Gasteiger partial charge in [0.05, 0.1) is 10.7 Å². The molecule has 0 unspecified atom stereocenters. The molecule has 114 valence electrons. The van der Waals surface area contributed by atoms with E-state index in [4.69, 9.17) is 23.8 Å². The molecule has 0 aliphatic heterocycles. The summed E-state index contributed by atoms with van der Waals surface area (Å²) >= 11 is 10.8. The SMILES string of the molecule is CCNC(=S)NNC(=O)CCC(=O)Nc1ccccc1Cl. The monoisotopic (exact) mass is 328 g/mol. The van der Waals surface area contributed by atoms with Crippen LogP contribution in [0.15, 0.2) is 24.3 Å². The Morgan fingerprint density at radius 3 is 2.48 bits per heavy atom. The lowest BCUT2D eigenvalue weighted by Crippen LogP contribution is -2.46. The van der Waals surface area contributed by atoms with Crippen LogP contribution < -0.4 is 21.5 Å². The molecule has 0 spiro atoms. The second-order valence-corrected chi connectivity index (χ2v) is 4.88. The van der Waals surface area contributed by atoms with Gasteiger partial charge in [-0.2, -0.15) is 0 Å². The molecule has 0 saturated heterocycles. The van der Waals surface area contributed by atoms with Gasteiger partial charge in [-0.15, -0.1) is 0 Å². The van der Waals surface area contributed by atoms with E-state index < -0.39 is 0 Å². The van der Waals surface area contributed by atoms with Crippen molar-refractivity contribution >= 4 is 46.4 Å². The number of carbonyl (C=O) groups is 2. The third-order valence-electron chi connectivity index (χ3n) is 2.38. The number of nitrogens with one attached hydrogen (secondary N) is 4. The van der Waals surface area contributed by atoms with E-state index in [-0.39, 0.29) is 24.7 Å². The highest BCUT2D eigenvalue weighted by atomic mass is 35.5. The summed E-state index contributed by atoms with van der Waals surface area (Å²) in [5.74, 6) is -0.614. The molecule has 0 aliphatic carbocycles.